The Bertz CT molecular complexity index is 776. The zero-order valence-electron chi connectivity index (χ0n) is 11.0. The van der Waals surface area contributed by atoms with Crippen molar-refractivity contribution < 1.29 is 5.11 Å². The molecule has 0 fully saturated rings. The van der Waals surface area contributed by atoms with Crippen LogP contribution in [0.2, 0.25) is 0 Å². The maximum Gasteiger partial charge on any atom is 0.330 e. The standard InChI is InChI=1S/C14H15N3O3/c1-17-13(19)10(12(18)16-14(17)20)11-9-5-3-2-4-8(9)6-7-15-11/h2-5,11,15,19H,6-7H2,1H3,(H,16,18,20)/t11-/m1/s1. The summed E-state index contributed by atoms with van der Waals surface area (Å²) in [4.78, 5) is 25.7. The summed E-state index contributed by atoms with van der Waals surface area (Å²) in [7, 11) is 1.42. The van der Waals surface area contributed by atoms with Gasteiger partial charge in [-0.1, -0.05) is 24.3 Å². The first-order chi connectivity index (χ1) is 9.59. The lowest BCUT2D eigenvalue weighted by molar-refractivity contribution is 0.399. The van der Waals surface area contributed by atoms with Crippen LogP contribution in [0.1, 0.15) is 22.7 Å². The predicted octanol–water partition coefficient (Wildman–Crippen LogP) is 0.0143. The zero-order chi connectivity index (χ0) is 14.3. The number of hydrogen-bond acceptors (Lipinski definition) is 4. The number of aromatic amines is 1. The molecule has 0 saturated carbocycles. The van der Waals surface area contributed by atoms with Crippen LogP contribution in [0.3, 0.4) is 0 Å². The fraction of sp³-hybridized carbons (Fsp3) is 0.286. The van der Waals surface area contributed by atoms with Gasteiger partial charge in [0.25, 0.3) is 5.56 Å². The van der Waals surface area contributed by atoms with E-state index in [0.29, 0.717) is 6.54 Å². The fourth-order valence-electron chi connectivity index (χ4n) is 2.65. The molecule has 0 radical (unpaired) electrons. The summed E-state index contributed by atoms with van der Waals surface area (Å²) in [6.45, 7) is 0.712. The van der Waals surface area contributed by atoms with E-state index in [9.17, 15) is 14.7 Å². The van der Waals surface area contributed by atoms with E-state index < -0.39 is 17.3 Å². The van der Waals surface area contributed by atoms with E-state index in [4.69, 9.17) is 0 Å². The molecular weight excluding hydrogens is 258 g/mol. The molecule has 0 saturated heterocycles. The van der Waals surface area contributed by atoms with Crippen molar-refractivity contribution in [1.82, 2.24) is 14.9 Å². The van der Waals surface area contributed by atoms with Crippen LogP contribution < -0.4 is 16.6 Å². The van der Waals surface area contributed by atoms with Crippen LogP contribution in [0.25, 0.3) is 0 Å². The first kappa shape index (κ1) is 12.7. The molecule has 20 heavy (non-hydrogen) atoms. The van der Waals surface area contributed by atoms with Gasteiger partial charge in [0.1, 0.15) is 0 Å². The van der Waals surface area contributed by atoms with Gasteiger partial charge in [0.2, 0.25) is 5.88 Å². The van der Waals surface area contributed by atoms with Crippen LogP contribution in [-0.4, -0.2) is 21.2 Å². The molecule has 6 nitrogen and oxygen atoms in total. The van der Waals surface area contributed by atoms with E-state index in [1.807, 2.05) is 24.3 Å². The summed E-state index contributed by atoms with van der Waals surface area (Å²) in [5, 5.41) is 13.4. The van der Waals surface area contributed by atoms with Crippen molar-refractivity contribution in [2.45, 2.75) is 12.5 Å². The Kier molecular flexibility index (Phi) is 2.94. The van der Waals surface area contributed by atoms with Crippen molar-refractivity contribution in [1.29, 1.82) is 0 Å². The van der Waals surface area contributed by atoms with Gasteiger partial charge in [0, 0.05) is 13.6 Å². The normalized spacial score (nSPS) is 17.8. The number of fused-ring (bicyclic) bond motifs is 1. The second-order valence-electron chi connectivity index (χ2n) is 4.89. The molecule has 2 heterocycles. The first-order valence-corrected chi connectivity index (χ1v) is 6.43. The molecule has 2 aromatic rings. The highest BCUT2D eigenvalue weighted by molar-refractivity contribution is 5.41. The molecule has 0 unspecified atom stereocenters. The lowest BCUT2D eigenvalue weighted by Crippen LogP contribution is -2.38. The van der Waals surface area contributed by atoms with Crippen LogP contribution >= 0.6 is 0 Å². The lowest BCUT2D eigenvalue weighted by atomic mass is 9.91. The second-order valence-corrected chi connectivity index (χ2v) is 4.89. The Hall–Kier alpha value is -2.34. The lowest BCUT2D eigenvalue weighted by Gasteiger charge is -2.27. The van der Waals surface area contributed by atoms with Gasteiger partial charge in [-0.3, -0.25) is 14.3 Å². The number of aromatic hydroxyl groups is 1. The van der Waals surface area contributed by atoms with E-state index in [1.54, 1.807) is 0 Å². The van der Waals surface area contributed by atoms with Crippen LogP contribution in [0.4, 0.5) is 0 Å². The number of H-pyrrole nitrogens is 1. The third-order valence-corrected chi connectivity index (χ3v) is 3.73. The van der Waals surface area contributed by atoms with Crippen molar-refractivity contribution in [3.8, 4) is 5.88 Å². The summed E-state index contributed by atoms with van der Waals surface area (Å²) in [6.07, 6.45) is 0.872. The average Bonchev–Trinajstić information content (AvgIpc) is 2.45. The molecule has 0 amide bonds. The SMILES string of the molecule is Cn1c(O)c([C@@H]2NCCc3ccccc32)c(=O)[nH]c1=O. The quantitative estimate of drug-likeness (QED) is 0.683. The highest BCUT2D eigenvalue weighted by atomic mass is 16.3. The molecular formula is C14H15N3O3. The molecule has 0 aliphatic carbocycles. The van der Waals surface area contributed by atoms with Crippen LogP contribution in [0.5, 0.6) is 5.88 Å². The Morgan fingerprint density at radius 1 is 1.30 bits per heavy atom. The van der Waals surface area contributed by atoms with Gasteiger partial charge in [0.15, 0.2) is 0 Å². The van der Waals surface area contributed by atoms with Gasteiger partial charge in [-0.25, -0.2) is 4.79 Å². The van der Waals surface area contributed by atoms with Crippen molar-refractivity contribution in [3.05, 3.63) is 61.8 Å². The summed E-state index contributed by atoms with van der Waals surface area (Å²) in [6, 6.07) is 7.38. The molecule has 1 aliphatic rings. The maximum atomic E-state index is 12.1. The van der Waals surface area contributed by atoms with E-state index in [2.05, 4.69) is 10.3 Å². The van der Waals surface area contributed by atoms with Gasteiger partial charge in [-0.15, -0.1) is 0 Å². The van der Waals surface area contributed by atoms with Gasteiger partial charge in [0.05, 0.1) is 11.6 Å². The van der Waals surface area contributed by atoms with Gasteiger partial charge in [-0.05, 0) is 17.5 Å². The first-order valence-electron chi connectivity index (χ1n) is 6.43. The third-order valence-electron chi connectivity index (χ3n) is 3.73. The molecule has 0 bridgehead atoms. The van der Waals surface area contributed by atoms with Crippen LogP contribution in [-0.2, 0) is 13.5 Å². The maximum absolute atomic E-state index is 12.1. The smallest absolute Gasteiger partial charge is 0.330 e. The molecule has 0 spiro atoms. The van der Waals surface area contributed by atoms with E-state index in [1.165, 1.54) is 7.05 Å². The fourth-order valence-corrected chi connectivity index (χ4v) is 2.65. The summed E-state index contributed by atoms with van der Waals surface area (Å²) >= 11 is 0. The highest BCUT2D eigenvalue weighted by Gasteiger charge is 2.27. The minimum Gasteiger partial charge on any atom is -0.494 e. The largest absolute Gasteiger partial charge is 0.494 e. The number of nitrogens with zero attached hydrogens (tertiary/aromatic N) is 1. The Labute approximate surface area is 114 Å². The summed E-state index contributed by atoms with van der Waals surface area (Å²) in [5.74, 6) is -0.298. The zero-order valence-corrected chi connectivity index (χ0v) is 11.0. The van der Waals surface area contributed by atoms with Crippen molar-refractivity contribution in [2.75, 3.05) is 6.54 Å². The molecule has 3 N–H and O–H groups in total. The van der Waals surface area contributed by atoms with Crippen molar-refractivity contribution in [3.63, 3.8) is 0 Å². The molecule has 1 aromatic carbocycles. The minimum absolute atomic E-state index is 0.180. The number of benzene rings is 1. The molecule has 3 rings (SSSR count). The topological polar surface area (TPSA) is 87.1 Å². The second kappa shape index (κ2) is 4.64. The van der Waals surface area contributed by atoms with Crippen molar-refractivity contribution in [2.24, 2.45) is 7.05 Å². The van der Waals surface area contributed by atoms with E-state index in [0.717, 1.165) is 22.1 Å². The highest BCUT2D eigenvalue weighted by Crippen LogP contribution is 2.30. The monoisotopic (exact) mass is 273 g/mol. The van der Waals surface area contributed by atoms with Crippen molar-refractivity contribution >= 4 is 0 Å². The number of nitrogens with one attached hydrogen (secondary N) is 2. The molecule has 1 aliphatic heterocycles. The number of aromatic nitrogens is 2. The van der Waals surface area contributed by atoms with E-state index in [-0.39, 0.29) is 11.4 Å². The summed E-state index contributed by atoms with van der Waals surface area (Å²) in [5.41, 5.74) is 1.10. The van der Waals surface area contributed by atoms with Gasteiger partial charge < -0.3 is 10.4 Å². The molecule has 6 heteroatoms. The van der Waals surface area contributed by atoms with Crippen LogP contribution in [0, 0.1) is 0 Å². The average molecular weight is 273 g/mol. The van der Waals surface area contributed by atoms with Gasteiger partial charge >= 0.3 is 5.69 Å². The third kappa shape index (κ3) is 1.85. The number of hydrogen-bond donors (Lipinski definition) is 3. The van der Waals surface area contributed by atoms with Crippen LogP contribution in [0.15, 0.2) is 33.9 Å². The predicted molar refractivity (Wildman–Crippen MR) is 74.0 cm³/mol. The number of rotatable bonds is 1. The molecule has 1 aromatic heterocycles. The Morgan fingerprint density at radius 2 is 2.05 bits per heavy atom. The van der Waals surface area contributed by atoms with E-state index >= 15 is 0 Å². The Balaban J connectivity index is 2.24. The Morgan fingerprint density at radius 3 is 2.85 bits per heavy atom. The summed E-state index contributed by atoms with van der Waals surface area (Å²) < 4.78 is 1.04. The van der Waals surface area contributed by atoms with Gasteiger partial charge in [-0.2, -0.15) is 0 Å². The molecule has 1 atom stereocenters. The molecule has 104 valence electrons. The minimum atomic E-state index is -0.625.